The highest BCUT2D eigenvalue weighted by Gasteiger charge is 2.26. The summed E-state index contributed by atoms with van der Waals surface area (Å²) in [5, 5.41) is 0. The van der Waals surface area contributed by atoms with E-state index in [0.29, 0.717) is 13.2 Å². The normalized spacial score (nSPS) is 24.1. The van der Waals surface area contributed by atoms with Crippen LogP contribution in [0.2, 0.25) is 0 Å². The second-order valence-corrected chi connectivity index (χ2v) is 3.79. The monoisotopic (exact) mass is 232 g/mol. The minimum absolute atomic E-state index is 0.00863. The quantitative estimate of drug-likeness (QED) is 0.543. The fourth-order valence-corrected chi connectivity index (χ4v) is 1.00. The number of ether oxygens (including phenoxy) is 4. The van der Waals surface area contributed by atoms with Gasteiger partial charge in [0, 0.05) is 0 Å². The third-order valence-corrected chi connectivity index (χ3v) is 1.87. The van der Waals surface area contributed by atoms with E-state index < -0.39 is 5.79 Å². The number of ketones is 1. The fraction of sp³-hybridized carbons (Fsp3) is 0.800. The molecule has 2 rings (SSSR count). The van der Waals surface area contributed by atoms with Crippen LogP contribution in [-0.2, 0) is 28.5 Å². The number of Topliss-reactive ketones (excluding diaryl/α,β-unsaturated/α-hetero) is 1. The van der Waals surface area contributed by atoms with E-state index in [1.165, 1.54) is 0 Å². The second kappa shape index (κ2) is 5.93. The molecule has 2 aliphatic heterocycles. The van der Waals surface area contributed by atoms with Crippen molar-refractivity contribution in [3.05, 3.63) is 0 Å². The van der Waals surface area contributed by atoms with E-state index in [2.05, 4.69) is 4.74 Å². The molecule has 16 heavy (non-hydrogen) atoms. The minimum atomic E-state index is -0.562. The highest BCUT2D eigenvalue weighted by Crippen LogP contribution is 2.14. The standard InChI is InChI=1S/C6H10O3.C4H6O3/c1-6(2)8-3-5(7)4-9-6;5-4-3-6-1-2-7-4/h3-4H2,1-2H3;1-3H2. The Kier molecular flexibility index (Phi) is 4.85. The number of cyclic esters (lactones) is 1. The van der Waals surface area contributed by atoms with Gasteiger partial charge in [0.25, 0.3) is 0 Å². The molecule has 0 spiro atoms. The molecule has 0 atom stereocenters. The summed E-state index contributed by atoms with van der Waals surface area (Å²) in [5.74, 6) is -0.811. The molecule has 0 bridgehead atoms. The second-order valence-electron chi connectivity index (χ2n) is 3.79. The summed E-state index contributed by atoms with van der Waals surface area (Å²) in [6.07, 6.45) is 0. The number of rotatable bonds is 0. The summed E-state index contributed by atoms with van der Waals surface area (Å²) in [4.78, 5) is 20.6. The predicted molar refractivity (Wildman–Crippen MR) is 52.8 cm³/mol. The van der Waals surface area contributed by atoms with E-state index in [-0.39, 0.29) is 31.6 Å². The summed E-state index contributed by atoms with van der Waals surface area (Å²) in [7, 11) is 0. The average Bonchev–Trinajstić information content (AvgIpc) is 2.25. The zero-order valence-electron chi connectivity index (χ0n) is 9.49. The van der Waals surface area contributed by atoms with Gasteiger partial charge < -0.3 is 18.9 Å². The molecule has 0 aliphatic carbocycles. The first-order valence-corrected chi connectivity index (χ1v) is 5.02. The highest BCUT2D eigenvalue weighted by molar-refractivity contribution is 5.81. The predicted octanol–water partition coefficient (Wildman–Crippen LogP) is -0.102. The Hall–Kier alpha value is -0.980. The summed E-state index contributed by atoms with van der Waals surface area (Å²) in [6.45, 7) is 5.05. The maximum Gasteiger partial charge on any atom is 0.332 e. The van der Waals surface area contributed by atoms with E-state index in [4.69, 9.17) is 14.2 Å². The molecule has 0 aromatic carbocycles. The van der Waals surface area contributed by atoms with Gasteiger partial charge in [0.05, 0.1) is 6.61 Å². The number of carbonyl (C=O) groups is 2. The highest BCUT2D eigenvalue weighted by atomic mass is 16.7. The van der Waals surface area contributed by atoms with Gasteiger partial charge in [0.15, 0.2) is 11.6 Å². The third kappa shape index (κ3) is 5.20. The fourth-order valence-electron chi connectivity index (χ4n) is 1.00. The van der Waals surface area contributed by atoms with Gasteiger partial charge in [0.1, 0.15) is 26.4 Å². The van der Waals surface area contributed by atoms with Crippen molar-refractivity contribution in [2.45, 2.75) is 19.6 Å². The summed E-state index contributed by atoms with van der Waals surface area (Å²) in [5.41, 5.74) is 0. The lowest BCUT2D eigenvalue weighted by molar-refractivity contribution is -0.235. The third-order valence-electron chi connectivity index (χ3n) is 1.87. The average molecular weight is 232 g/mol. The Balaban J connectivity index is 0.000000165. The Labute approximate surface area is 93.8 Å². The first-order valence-electron chi connectivity index (χ1n) is 5.02. The van der Waals surface area contributed by atoms with Gasteiger partial charge in [-0.2, -0.15) is 0 Å². The molecule has 6 nitrogen and oxygen atoms in total. The molecule has 6 heteroatoms. The van der Waals surface area contributed by atoms with Crippen LogP contribution in [0.15, 0.2) is 0 Å². The molecule has 2 saturated heterocycles. The molecular weight excluding hydrogens is 216 g/mol. The van der Waals surface area contributed by atoms with Crippen LogP contribution in [0.5, 0.6) is 0 Å². The summed E-state index contributed by atoms with van der Waals surface area (Å²) >= 11 is 0. The topological polar surface area (TPSA) is 71.1 Å². The van der Waals surface area contributed by atoms with E-state index in [0.717, 1.165) is 0 Å². The van der Waals surface area contributed by atoms with Crippen molar-refractivity contribution in [1.82, 2.24) is 0 Å². The van der Waals surface area contributed by atoms with Crippen LogP contribution in [0.3, 0.4) is 0 Å². The molecule has 0 N–H and O–H groups in total. The number of esters is 1. The SMILES string of the molecule is CC1(C)OCC(=O)CO1.O=C1COCCO1. The molecule has 2 fully saturated rings. The Morgan fingerprint density at radius 3 is 1.94 bits per heavy atom. The van der Waals surface area contributed by atoms with Crippen LogP contribution in [-0.4, -0.2) is 50.6 Å². The van der Waals surface area contributed by atoms with E-state index in [9.17, 15) is 9.59 Å². The van der Waals surface area contributed by atoms with Crippen molar-refractivity contribution >= 4 is 11.8 Å². The van der Waals surface area contributed by atoms with Crippen LogP contribution in [0.1, 0.15) is 13.8 Å². The van der Waals surface area contributed by atoms with E-state index in [1.807, 2.05) is 0 Å². The number of carbonyl (C=O) groups excluding carboxylic acids is 2. The molecule has 2 aliphatic rings. The molecule has 92 valence electrons. The van der Waals surface area contributed by atoms with Crippen molar-refractivity contribution in [2.24, 2.45) is 0 Å². The molecular formula is C10H16O6. The zero-order chi connectivity index (χ0) is 12.0. The van der Waals surface area contributed by atoms with Crippen molar-refractivity contribution in [2.75, 3.05) is 33.0 Å². The lowest BCUT2D eigenvalue weighted by Crippen LogP contribution is -2.39. The molecule has 0 amide bonds. The van der Waals surface area contributed by atoms with Gasteiger partial charge in [0.2, 0.25) is 0 Å². The molecule has 0 aromatic heterocycles. The van der Waals surface area contributed by atoms with Gasteiger partial charge in [-0.05, 0) is 13.8 Å². The molecule has 0 unspecified atom stereocenters. The molecule has 2 heterocycles. The summed E-state index contributed by atoms with van der Waals surface area (Å²) in [6, 6.07) is 0. The first kappa shape index (κ1) is 13.1. The van der Waals surface area contributed by atoms with E-state index >= 15 is 0 Å². The van der Waals surface area contributed by atoms with Gasteiger partial charge in [-0.15, -0.1) is 0 Å². The Bertz CT molecular complexity index is 240. The van der Waals surface area contributed by atoms with Crippen LogP contribution < -0.4 is 0 Å². The van der Waals surface area contributed by atoms with Crippen LogP contribution in [0.4, 0.5) is 0 Å². The van der Waals surface area contributed by atoms with Crippen molar-refractivity contribution in [3.8, 4) is 0 Å². The van der Waals surface area contributed by atoms with Gasteiger partial charge in [-0.3, -0.25) is 4.79 Å². The molecule has 0 radical (unpaired) electrons. The zero-order valence-corrected chi connectivity index (χ0v) is 9.49. The lowest BCUT2D eigenvalue weighted by Gasteiger charge is -2.28. The van der Waals surface area contributed by atoms with Crippen molar-refractivity contribution in [1.29, 1.82) is 0 Å². The van der Waals surface area contributed by atoms with Gasteiger partial charge >= 0.3 is 5.97 Å². The summed E-state index contributed by atoms with van der Waals surface area (Å²) < 4.78 is 19.2. The smallest absolute Gasteiger partial charge is 0.332 e. The number of hydrogen-bond donors (Lipinski definition) is 0. The Morgan fingerprint density at radius 2 is 1.62 bits per heavy atom. The maximum atomic E-state index is 10.5. The maximum absolute atomic E-state index is 10.5. The van der Waals surface area contributed by atoms with Gasteiger partial charge in [-0.1, -0.05) is 0 Å². The van der Waals surface area contributed by atoms with E-state index in [1.54, 1.807) is 13.8 Å². The molecule has 0 aromatic rings. The first-order chi connectivity index (χ1) is 7.49. The van der Waals surface area contributed by atoms with Crippen molar-refractivity contribution in [3.63, 3.8) is 0 Å². The minimum Gasteiger partial charge on any atom is -0.462 e. The molecule has 0 saturated carbocycles. The van der Waals surface area contributed by atoms with Crippen molar-refractivity contribution < 1.29 is 28.5 Å². The van der Waals surface area contributed by atoms with Crippen LogP contribution in [0, 0.1) is 0 Å². The van der Waals surface area contributed by atoms with Gasteiger partial charge in [-0.25, -0.2) is 4.79 Å². The lowest BCUT2D eigenvalue weighted by atomic mass is 10.3. The van der Waals surface area contributed by atoms with Crippen LogP contribution >= 0.6 is 0 Å². The Morgan fingerprint density at radius 1 is 1.00 bits per heavy atom. The van der Waals surface area contributed by atoms with Crippen LogP contribution in [0.25, 0.3) is 0 Å². The largest absolute Gasteiger partial charge is 0.462 e. The number of hydrogen-bond acceptors (Lipinski definition) is 6.